The Hall–Kier alpha value is -1.03. The van der Waals surface area contributed by atoms with Crippen molar-refractivity contribution in [3.63, 3.8) is 0 Å². The Morgan fingerprint density at radius 2 is 2.06 bits per heavy atom. The van der Waals surface area contributed by atoms with Crippen LogP contribution in [-0.2, 0) is 7.05 Å². The van der Waals surface area contributed by atoms with E-state index in [1.165, 1.54) is 25.7 Å². The normalized spacial score (nSPS) is 25.7. The van der Waals surface area contributed by atoms with Crippen molar-refractivity contribution in [3.05, 3.63) is 12.4 Å². The number of aryl methyl sites for hydroxylation is 1. The van der Waals surface area contributed by atoms with Gasteiger partial charge in [0.25, 0.3) is 0 Å². The Morgan fingerprint density at radius 3 is 2.56 bits per heavy atom. The zero-order chi connectivity index (χ0) is 11.5. The van der Waals surface area contributed by atoms with Crippen LogP contribution in [0.4, 0.5) is 5.95 Å². The van der Waals surface area contributed by atoms with Crippen LogP contribution >= 0.6 is 0 Å². The molecule has 1 fully saturated rings. The fourth-order valence-corrected chi connectivity index (χ4v) is 2.61. The average molecular weight is 222 g/mol. The molecule has 0 amide bonds. The van der Waals surface area contributed by atoms with Gasteiger partial charge in [-0.2, -0.15) is 0 Å². The zero-order valence-corrected chi connectivity index (χ0v) is 10.5. The van der Waals surface area contributed by atoms with Crippen LogP contribution in [0.1, 0.15) is 25.7 Å². The molecule has 0 aliphatic heterocycles. The molecule has 1 aromatic rings. The Morgan fingerprint density at radius 1 is 1.38 bits per heavy atom. The van der Waals surface area contributed by atoms with Gasteiger partial charge in [0, 0.05) is 38.6 Å². The topological polar surface area (TPSA) is 33.1 Å². The second-order valence-corrected chi connectivity index (χ2v) is 4.74. The molecule has 1 saturated carbocycles. The minimum absolute atomic E-state index is 0.644. The Balaban J connectivity index is 1.97. The Kier molecular flexibility index (Phi) is 3.49. The third-order valence-corrected chi connectivity index (χ3v) is 3.76. The fourth-order valence-electron chi connectivity index (χ4n) is 2.61. The van der Waals surface area contributed by atoms with E-state index >= 15 is 0 Å². The molecule has 1 aliphatic carbocycles. The SMILES string of the molecule is CNC1CCC(N(C)c2nccn2C)CC1. The van der Waals surface area contributed by atoms with Gasteiger partial charge in [-0.3, -0.25) is 0 Å². The molecular formula is C12H22N4. The lowest BCUT2D eigenvalue weighted by Crippen LogP contribution is -2.40. The minimum atomic E-state index is 0.644. The van der Waals surface area contributed by atoms with Crippen molar-refractivity contribution in [1.29, 1.82) is 0 Å². The number of nitrogens with zero attached hydrogens (tertiary/aromatic N) is 3. The summed E-state index contributed by atoms with van der Waals surface area (Å²) in [6.07, 6.45) is 8.94. The first-order valence-corrected chi connectivity index (χ1v) is 6.09. The van der Waals surface area contributed by atoms with Crippen LogP contribution in [0.3, 0.4) is 0 Å². The highest BCUT2D eigenvalue weighted by atomic mass is 15.3. The minimum Gasteiger partial charge on any atom is -0.342 e. The number of aromatic nitrogens is 2. The quantitative estimate of drug-likeness (QED) is 0.839. The van der Waals surface area contributed by atoms with E-state index in [1.807, 2.05) is 12.4 Å². The second-order valence-electron chi connectivity index (χ2n) is 4.74. The number of hydrogen-bond acceptors (Lipinski definition) is 3. The predicted molar refractivity (Wildman–Crippen MR) is 66.7 cm³/mol. The van der Waals surface area contributed by atoms with Crippen LogP contribution in [0.2, 0.25) is 0 Å². The lowest BCUT2D eigenvalue weighted by Gasteiger charge is -2.35. The van der Waals surface area contributed by atoms with E-state index in [9.17, 15) is 0 Å². The summed E-state index contributed by atoms with van der Waals surface area (Å²) in [6, 6.07) is 1.36. The second kappa shape index (κ2) is 4.87. The van der Waals surface area contributed by atoms with E-state index in [-0.39, 0.29) is 0 Å². The van der Waals surface area contributed by atoms with Crippen molar-refractivity contribution in [2.24, 2.45) is 7.05 Å². The molecule has 0 bridgehead atoms. The van der Waals surface area contributed by atoms with Crippen LogP contribution in [0, 0.1) is 0 Å². The molecule has 1 N–H and O–H groups in total. The number of imidazole rings is 1. The van der Waals surface area contributed by atoms with Gasteiger partial charge >= 0.3 is 0 Å². The van der Waals surface area contributed by atoms with E-state index in [1.54, 1.807) is 0 Å². The molecule has 0 saturated heterocycles. The van der Waals surface area contributed by atoms with Crippen LogP contribution in [0.15, 0.2) is 12.4 Å². The van der Waals surface area contributed by atoms with Crippen molar-refractivity contribution in [2.45, 2.75) is 37.8 Å². The van der Waals surface area contributed by atoms with Gasteiger partial charge in [-0.05, 0) is 32.7 Å². The first-order chi connectivity index (χ1) is 7.72. The zero-order valence-electron chi connectivity index (χ0n) is 10.5. The molecule has 90 valence electrons. The molecule has 0 spiro atoms. The molecule has 4 heteroatoms. The highest BCUT2D eigenvalue weighted by molar-refractivity contribution is 5.31. The highest BCUT2D eigenvalue weighted by Crippen LogP contribution is 2.24. The van der Waals surface area contributed by atoms with Gasteiger partial charge in [0.05, 0.1) is 0 Å². The first kappa shape index (κ1) is 11.5. The smallest absolute Gasteiger partial charge is 0.205 e. The van der Waals surface area contributed by atoms with E-state index in [4.69, 9.17) is 0 Å². The molecule has 0 unspecified atom stereocenters. The fraction of sp³-hybridized carbons (Fsp3) is 0.750. The average Bonchev–Trinajstić information content (AvgIpc) is 2.75. The van der Waals surface area contributed by atoms with Crippen molar-refractivity contribution in [1.82, 2.24) is 14.9 Å². The summed E-state index contributed by atoms with van der Waals surface area (Å²) in [5.41, 5.74) is 0. The third-order valence-electron chi connectivity index (χ3n) is 3.76. The number of rotatable bonds is 3. The molecule has 2 rings (SSSR count). The van der Waals surface area contributed by atoms with Crippen molar-refractivity contribution >= 4 is 5.95 Å². The van der Waals surface area contributed by atoms with E-state index in [0.29, 0.717) is 12.1 Å². The van der Waals surface area contributed by atoms with E-state index in [2.05, 4.69) is 40.9 Å². The van der Waals surface area contributed by atoms with Gasteiger partial charge in [-0.25, -0.2) is 4.98 Å². The summed E-state index contributed by atoms with van der Waals surface area (Å²) in [4.78, 5) is 6.73. The largest absolute Gasteiger partial charge is 0.342 e. The van der Waals surface area contributed by atoms with Gasteiger partial charge in [0.2, 0.25) is 5.95 Å². The summed E-state index contributed by atoms with van der Waals surface area (Å²) in [5, 5.41) is 3.37. The maximum absolute atomic E-state index is 4.40. The lowest BCUT2D eigenvalue weighted by atomic mass is 9.90. The summed E-state index contributed by atoms with van der Waals surface area (Å²) < 4.78 is 2.09. The van der Waals surface area contributed by atoms with Gasteiger partial charge in [-0.15, -0.1) is 0 Å². The summed E-state index contributed by atoms with van der Waals surface area (Å²) in [5.74, 6) is 1.08. The van der Waals surface area contributed by atoms with Gasteiger partial charge in [-0.1, -0.05) is 0 Å². The molecule has 4 nitrogen and oxygen atoms in total. The lowest BCUT2D eigenvalue weighted by molar-refractivity contribution is 0.349. The van der Waals surface area contributed by atoms with Crippen LogP contribution < -0.4 is 10.2 Å². The molecule has 1 aliphatic rings. The molecule has 0 radical (unpaired) electrons. The predicted octanol–water partition coefficient (Wildman–Crippen LogP) is 1.39. The highest BCUT2D eigenvalue weighted by Gasteiger charge is 2.24. The van der Waals surface area contributed by atoms with Gasteiger partial charge in [0.15, 0.2) is 0 Å². The monoisotopic (exact) mass is 222 g/mol. The van der Waals surface area contributed by atoms with E-state index in [0.717, 1.165) is 5.95 Å². The van der Waals surface area contributed by atoms with Crippen LogP contribution in [0.25, 0.3) is 0 Å². The maximum atomic E-state index is 4.40. The molecule has 1 aromatic heterocycles. The number of anilines is 1. The molecular weight excluding hydrogens is 200 g/mol. The van der Waals surface area contributed by atoms with Crippen molar-refractivity contribution in [2.75, 3.05) is 19.0 Å². The molecule has 1 heterocycles. The number of hydrogen-bond donors (Lipinski definition) is 1. The van der Waals surface area contributed by atoms with Crippen molar-refractivity contribution in [3.8, 4) is 0 Å². The van der Waals surface area contributed by atoms with Gasteiger partial charge < -0.3 is 14.8 Å². The summed E-state index contributed by atoms with van der Waals surface area (Å²) in [7, 11) is 6.28. The first-order valence-electron chi connectivity index (χ1n) is 6.09. The standard InChI is InChI=1S/C12H22N4/c1-13-10-4-6-11(7-5-10)16(3)12-14-8-9-15(12)2/h8-11,13H,4-7H2,1-3H3. The van der Waals surface area contributed by atoms with Crippen LogP contribution in [0.5, 0.6) is 0 Å². The summed E-state index contributed by atoms with van der Waals surface area (Å²) in [6.45, 7) is 0. The molecule has 0 aromatic carbocycles. The third kappa shape index (κ3) is 2.21. The maximum Gasteiger partial charge on any atom is 0.205 e. The number of nitrogens with one attached hydrogen (secondary N) is 1. The van der Waals surface area contributed by atoms with Crippen molar-refractivity contribution < 1.29 is 0 Å². The van der Waals surface area contributed by atoms with Gasteiger partial charge in [0.1, 0.15) is 0 Å². The Labute approximate surface area is 97.7 Å². The summed E-state index contributed by atoms with van der Waals surface area (Å²) >= 11 is 0. The van der Waals surface area contributed by atoms with E-state index < -0.39 is 0 Å². The molecule has 16 heavy (non-hydrogen) atoms. The Bertz CT molecular complexity index is 326. The van der Waals surface area contributed by atoms with Crippen LogP contribution in [-0.4, -0.2) is 35.7 Å². The molecule has 0 atom stereocenters.